The number of piperazine rings is 1. The molecule has 1 N–H and O–H groups in total. The first kappa shape index (κ1) is 21.8. The van der Waals surface area contributed by atoms with Crippen molar-refractivity contribution in [1.82, 2.24) is 19.9 Å². The highest BCUT2D eigenvalue weighted by atomic mass is 19.1. The van der Waals surface area contributed by atoms with Crippen LogP contribution in [0.15, 0.2) is 42.4 Å². The Bertz CT molecular complexity index is 1290. The molecule has 3 aromatic rings. The third-order valence-corrected chi connectivity index (χ3v) is 6.04. The zero-order chi connectivity index (χ0) is 23.7. The fraction of sp³-hybridized carbons (Fsp3) is 0.280. The summed E-state index contributed by atoms with van der Waals surface area (Å²) < 4.78 is 20.7. The Morgan fingerprint density at radius 1 is 1.09 bits per heavy atom. The summed E-state index contributed by atoms with van der Waals surface area (Å²) in [6, 6.07) is 7.25. The Kier molecular flexibility index (Phi) is 5.82. The molecule has 1 aromatic carbocycles. The summed E-state index contributed by atoms with van der Waals surface area (Å²) in [5.74, 6) is 0.741. The van der Waals surface area contributed by atoms with Gasteiger partial charge in [0, 0.05) is 31.7 Å². The standard InChI is InChI=1S/C25H24FN7O/c1-16-12-17-4-6-20(22(26)19(17)13-16)34-25-23(27-2)24(29-15-30-25)31-18-5-7-21(28-14-18)33-10-8-32(3)9-11-33/h4-7,13-15H,8-12H2,1,3H3,(H,29,30,31). The zero-order valence-corrected chi connectivity index (χ0v) is 19.0. The Morgan fingerprint density at radius 3 is 2.65 bits per heavy atom. The van der Waals surface area contributed by atoms with Gasteiger partial charge in [-0.25, -0.2) is 24.2 Å². The van der Waals surface area contributed by atoms with E-state index >= 15 is 4.39 Å². The number of halogens is 1. The Labute approximate surface area is 197 Å². The van der Waals surface area contributed by atoms with Gasteiger partial charge < -0.3 is 19.9 Å². The van der Waals surface area contributed by atoms with Crippen molar-refractivity contribution in [2.24, 2.45) is 0 Å². The lowest BCUT2D eigenvalue weighted by Crippen LogP contribution is -2.44. The molecule has 1 fully saturated rings. The smallest absolute Gasteiger partial charge is 0.288 e. The molecule has 172 valence electrons. The number of allylic oxidation sites excluding steroid dienone is 1. The van der Waals surface area contributed by atoms with Crippen LogP contribution in [0.5, 0.6) is 11.6 Å². The number of benzene rings is 1. The molecule has 0 atom stereocenters. The Balaban J connectivity index is 1.36. The van der Waals surface area contributed by atoms with Crippen molar-refractivity contribution in [1.29, 1.82) is 0 Å². The van der Waals surface area contributed by atoms with Crippen LogP contribution in [0.2, 0.25) is 0 Å². The van der Waals surface area contributed by atoms with Gasteiger partial charge in [-0.2, -0.15) is 0 Å². The van der Waals surface area contributed by atoms with Crippen LogP contribution in [0.25, 0.3) is 10.9 Å². The van der Waals surface area contributed by atoms with Crippen LogP contribution >= 0.6 is 0 Å². The molecule has 1 aliphatic heterocycles. The average Bonchev–Trinajstić information content (AvgIpc) is 3.23. The van der Waals surface area contributed by atoms with Gasteiger partial charge in [-0.1, -0.05) is 17.7 Å². The molecule has 9 heteroatoms. The molecule has 0 spiro atoms. The van der Waals surface area contributed by atoms with Crippen LogP contribution < -0.4 is 15.0 Å². The van der Waals surface area contributed by atoms with Gasteiger partial charge in [0.2, 0.25) is 5.88 Å². The normalized spacial score (nSPS) is 15.5. The van der Waals surface area contributed by atoms with Crippen LogP contribution in [0.1, 0.15) is 18.1 Å². The summed E-state index contributed by atoms with van der Waals surface area (Å²) in [6.45, 7) is 13.5. The maximum atomic E-state index is 15.0. The molecular formula is C25H24FN7O. The largest absolute Gasteiger partial charge is 0.446 e. The van der Waals surface area contributed by atoms with Crippen molar-refractivity contribution in [3.63, 3.8) is 0 Å². The number of hydrogen-bond acceptors (Lipinski definition) is 7. The highest BCUT2D eigenvalue weighted by Gasteiger charge is 2.21. The van der Waals surface area contributed by atoms with Crippen LogP contribution in [0.3, 0.4) is 0 Å². The fourth-order valence-corrected chi connectivity index (χ4v) is 4.15. The molecule has 1 aliphatic carbocycles. The number of likely N-dealkylation sites (N-methyl/N-ethyl adjacent to an activating group) is 1. The van der Waals surface area contributed by atoms with E-state index in [0.29, 0.717) is 11.3 Å². The molecule has 2 aliphatic rings. The summed E-state index contributed by atoms with van der Waals surface area (Å²) in [6.07, 6.45) is 5.54. The van der Waals surface area contributed by atoms with E-state index in [2.05, 4.69) is 42.0 Å². The maximum absolute atomic E-state index is 15.0. The van der Waals surface area contributed by atoms with Gasteiger partial charge in [-0.3, -0.25) is 0 Å². The highest BCUT2D eigenvalue weighted by molar-refractivity contribution is 5.75. The Hall–Kier alpha value is -4.03. The number of anilines is 3. The molecule has 34 heavy (non-hydrogen) atoms. The fourth-order valence-electron chi connectivity index (χ4n) is 4.15. The van der Waals surface area contributed by atoms with Crippen molar-refractivity contribution in [2.75, 3.05) is 43.4 Å². The quantitative estimate of drug-likeness (QED) is 0.552. The third kappa shape index (κ3) is 4.28. The highest BCUT2D eigenvalue weighted by Crippen LogP contribution is 2.39. The molecule has 3 heterocycles. The molecule has 0 saturated carbocycles. The van der Waals surface area contributed by atoms with E-state index in [-0.39, 0.29) is 23.1 Å². The van der Waals surface area contributed by atoms with Gasteiger partial charge in [0.05, 0.1) is 18.5 Å². The summed E-state index contributed by atoms with van der Waals surface area (Å²) >= 11 is 0. The topological polar surface area (TPSA) is 70.8 Å². The predicted molar refractivity (Wildman–Crippen MR) is 129 cm³/mol. The molecule has 0 bridgehead atoms. The molecule has 0 radical (unpaired) electrons. The lowest BCUT2D eigenvalue weighted by molar-refractivity contribution is 0.312. The second-order valence-electron chi connectivity index (χ2n) is 8.53. The number of pyridine rings is 1. The maximum Gasteiger partial charge on any atom is 0.288 e. The Morgan fingerprint density at radius 2 is 1.91 bits per heavy atom. The van der Waals surface area contributed by atoms with Gasteiger partial charge >= 0.3 is 0 Å². The SMILES string of the molecule is [C-]#[N+]c1c(Nc2ccc(N3CCN(C)CC3)nc2)ncnc1Oc1ccc2c(c1F)C=C(C)C2. The summed E-state index contributed by atoms with van der Waals surface area (Å²) in [5.41, 5.74) is 3.28. The summed E-state index contributed by atoms with van der Waals surface area (Å²) in [7, 11) is 2.11. The minimum Gasteiger partial charge on any atom is -0.446 e. The molecule has 0 amide bonds. The molecule has 0 unspecified atom stereocenters. The van der Waals surface area contributed by atoms with Crippen LogP contribution in [0.4, 0.5) is 27.4 Å². The van der Waals surface area contributed by atoms with E-state index in [0.717, 1.165) is 49.6 Å². The van der Waals surface area contributed by atoms with Crippen molar-refractivity contribution in [3.05, 3.63) is 70.7 Å². The number of fused-ring (bicyclic) bond motifs is 1. The van der Waals surface area contributed by atoms with Gasteiger partial charge in [-0.15, -0.1) is 0 Å². The first-order valence-corrected chi connectivity index (χ1v) is 11.1. The summed E-state index contributed by atoms with van der Waals surface area (Å²) in [4.78, 5) is 20.9. The van der Waals surface area contributed by atoms with Crippen molar-refractivity contribution < 1.29 is 9.13 Å². The van der Waals surface area contributed by atoms with E-state index in [9.17, 15) is 0 Å². The number of ether oxygens (including phenoxy) is 1. The minimum absolute atomic E-state index is 0.00735. The van der Waals surface area contributed by atoms with E-state index in [1.807, 2.05) is 31.2 Å². The van der Waals surface area contributed by atoms with E-state index in [1.165, 1.54) is 6.33 Å². The number of aromatic nitrogens is 3. The minimum atomic E-state index is -0.456. The van der Waals surface area contributed by atoms with Crippen LogP contribution in [-0.4, -0.2) is 53.1 Å². The van der Waals surface area contributed by atoms with E-state index < -0.39 is 5.82 Å². The lowest BCUT2D eigenvalue weighted by atomic mass is 10.1. The number of nitrogens with zero attached hydrogens (tertiary/aromatic N) is 6. The van der Waals surface area contributed by atoms with Crippen molar-refractivity contribution >= 4 is 29.1 Å². The van der Waals surface area contributed by atoms with Crippen LogP contribution in [-0.2, 0) is 6.42 Å². The summed E-state index contributed by atoms with van der Waals surface area (Å²) in [5, 5.41) is 3.11. The number of nitrogens with one attached hydrogen (secondary N) is 1. The second kappa shape index (κ2) is 9.08. The first-order valence-electron chi connectivity index (χ1n) is 11.1. The van der Waals surface area contributed by atoms with Crippen molar-refractivity contribution in [3.8, 4) is 11.6 Å². The van der Waals surface area contributed by atoms with Gasteiger partial charge in [0.1, 0.15) is 18.0 Å². The van der Waals surface area contributed by atoms with Gasteiger partial charge in [0.15, 0.2) is 11.6 Å². The first-order chi connectivity index (χ1) is 16.5. The van der Waals surface area contributed by atoms with Gasteiger partial charge in [0.25, 0.3) is 5.69 Å². The van der Waals surface area contributed by atoms with E-state index in [4.69, 9.17) is 11.3 Å². The van der Waals surface area contributed by atoms with Crippen LogP contribution in [0, 0.1) is 12.4 Å². The van der Waals surface area contributed by atoms with Gasteiger partial charge in [-0.05, 0) is 44.2 Å². The lowest BCUT2D eigenvalue weighted by Gasteiger charge is -2.33. The van der Waals surface area contributed by atoms with Crippen molar-refractivity contribution in [2.45, 2.75) is 13.3 Å². The molecule has 2 aromatic heterocycles. The zero-order valence-electron chi connectivity index (χ0n) is 19.0. The monoisotopic (exact) mass is 457 g/mol. The van der Waals surface area contributed by atoms with E-state index in [1.54, 1.807) is 12.3 Å². The molecule has 8 nitrogen and oxygen atoms in total. The predicted octanol–water partition coefficient (Wildman–Crippen LogP) is 4.81. The average molecular weight is 458 g/mol. The molecule has 5 rings (SSSR count). The third-order valence-electron chi connectivity index (χ3n) is 6.04. The molecular weight excluding hydrogens is 433 g/mol. The molecule has 1 saturated heterocycles. The number of rotatable bonds is 5. The second-order valence-corrected chi connectivity index (χ2v) is 8.53. The number of hydrogen-bond donors (Lipinski definition) is 1.